The first-order chi connectivity index (χ1) is 9.63. The third-order valence-corrected chi connectivity index (χ3v) is 3.21. The SMILES string of the molecule is Oc1[nH]c2ccccc2c1N=Nc1cc(Cl)cc(Cl)c1. The van der Waals surface area contributed by atoms with Crippen molar-refractivity contribution in [2.24, 2.45) is 10.2 Å². The summed E-state index contributed by atoms with van der Waals surface area (Å²) in [7, 11) is 0. The molecule has 0 bridgehead atoms. The highest BCUT2D eigenvalue weighted by atomic mass is 35.5. The van der Waals surface area contributed by atoms with E-state index in [1.165, 1.54) is 0 Å². The summed E-state index contributed by atoms with van der Waals surface area (Å²) in [5.41, 5.74) is 1.70. The Hall–Kier alpha value is -2.04. The van der Waals surface area contributed by atoms with Gasteiger partial charge in [0.2, 0.25) is 5.88 Å². The number of para-hydroxylation sites is 1. The molecule has 0 radical (unpaired) electrons. The number of fused-ring (bicyclic) bond motifs is 1. The van der Waals surface area contributed by atoms with Crippen LogP contribution in [0.25, 0.3) is 10.9 Å². The number of aromatic nitrogens is 1. The number of azo groups is 1. The molecule has 20 heavy (non-hydrogen) atoms. The average molecular weight is 306 g/mol. The van der Waals surface area contributed by atoms with E-state index in [4.69, 9.17) is 23.2 Å². The van der Waals surface area contributed by atoms with Crippen LogP contribution in [0.3, 0.4) is 0 Å². The molecule has 3 aromatic rings. The van der Waals surface area contributed by atoms with Gasteiger partial charge in [-0.15, -0.1) is 5.11 Å². The van der Waals surface area contributed by atoms with Crippen molar-refractivity contribution >= 4 is 45.5 Å². The third kappa shape index (κ3) is 2.48. The van der Waals surface area contributed by atoms with Gasteiger partial charge in [0, 0.05) is 15.4 Å². The number of nitrogens with zero attached hydrogens (tertiary/aromatic N) is 2. The number of halogens is 2. The van der Waals surface area contributed by atoms with Crippen molar-refractivity contribution in [3.05, 3.63) is 52.5 Å². The Bertz CT molecular complexity index is 791. The van der Waals surface area contributed by atoms with Gasteiger partial charge in [-0.05, 0) is 24.3 Å². The summed E-state index contributed by atoms with van der Waals surface area (Å²) in [5.74, 6) is -0.0249. The second-order valence-corrected chi connectivity index (χ2v) is 5.07. The summed E-state index contributed by atoms with van der Waals surface area (Å²) in [6.45, 7) is 0. The summed E-state index contributed by atoms with van der Waals surface area (Å²) in [4.78, 5) is 2.84. The molecule has 0 aliphatic carbocycles. The summed E-state index contributed by atoms with van der Waals surface area (Å²) in [6.07, 6.45) is 0. The molecule has 2 N–H and O–H groups in total. The quantitative estimate of drug-likeness (QED) is 0.595. The Balaban J connectivity index is 2.04. The van der Waals surface area contributed by atoms with Gasteiger partial charge in [0.25, 0.3) is 0 Å². The molecule has 0 atom stereocenters. The minimum absolute atomic E-state index is 0.0249. The van der Waals surface area contributed by atoms with Crippen LogP contribution in [-0.2, 0) is 0 Å². The number of rotatable bonds is 2. The zero-order valence-electron chi connectivity index (χ0n) is 10.1. The molecular weight excluding hydrogens is 297 g/mol. The van der Waals surface area contributed by atoms with E-state index in [1.54, 1.807) is 18.2 Å². The molecule has 3 rings (SSSR count). The van der Waals surface area contributed by atoms with Crippen molar-refractivity contribution in [1.82, 2.24) is 4.98 Å². The van der Waals surface area contributed by atoms with E-state index >= 15 is 0 Å². The normalized spacial score (nSPS) is 11.5. The van der Waals surface area contributed by atoms with Crippen molar-refractivity contribution in [1.29, 1.82) is 0 Å². The first kappa shape index (κ1) is 13.0. The van der Waals surface area contributed by atoms with Gasteiger partial charge in [-0.3, -0.25) is 0 Å². The van der Waals surface area contributed by atoms with Gasteiger partial charge in [0.15, 0.2) is 5.69 Å². The molecule has 6 heteroatoms. The number of nitrogens with one attached hydrogen (secondary N) is 1. The predicted octanol–water partition coefficient (Wildman–Crippen LogP) is 5.60. The molecule has 0 amide bonds. The Kier molecular flexibility index (Phi) is 3.34. The first-order valence-electron chi connectivity index (χ1n) is 5.81. The van der Waals surface area contributed by atoms with Crippen LogP contribution in [0.15, 0.2) is 52.7 Å². The summed E-state index contributed by atoms with van der Waals surface area (Å²) in [6, 6.07) is 12.3. The molecule has 0 saturated carbocycles. The molecular formula is C14H9Cl2N3O. The van der Waals surface area contributed by atoms with E-state index in [-0.39, 0.29) is 5.88 Å². The van der Waals surface area contributed by atoms with Crippen LogP contribution in [0.4, 0.5) is 11.4 Å². The standard InChI is InChI=1S/C14H9Cl2N3O/c15-8-5-9(16)7-10(6-8)18-19-13-11-3-1-2-4-12(11)17-14(13)20/h1-7,17,20H. The van der Waals surface area contributed by atoms with Crippen molar-refractivity contribution in [2.75, 3.05) is 0 Å². The van der Waals surface area contributed by atoms with Gasteiger partial charge in [-0.2, -0.15) is 5.11 Å². The molecule has 0 unspecified atom stereocenters. The highest BCUT2D eigenvalue weighted by Crippen LogP contribution is 2.36. The second-order valence-electron chi connectivity index (χ2n) is 4.20. The summed E-state index contributed by atoms with van der Waals surface area (Å²) >= 11 is 11.8. The minimum Gasteiger partial charge on any atom is -0.493 e. The van der Waals surface area contributed by atoms with Gasteiger partial charge < -0.3 is 10.1 Å². The second kappa shape index (κ2) is 5.15. The minimum atomic E-state index is -0.0249. The van der Waals surface area contributed by atoms with Crippen LogP contribution in [-0.4, -0.2) is 10.1 Å². The van der Waals surface area contributed by atoms with E-state index in [9.17, 15) is 5.11 Å². The highest BCUT2D eigenvalue weighted by molar-refractivity contribution is 6.35. The van der Waals surface area contributed by atoms with Crippen LogP contribution in [0.2, 0.25) is 10.0 Å². The van der Waals surface area contributed by atoms with Crippen LogP contribution in [0, 0.1) is 0 Å². The maximum absolute atomic E-state index is 9.86. The lowest BCUT2D eigenvalue weighted by atomic mass is 10.2. The van der Waals surface area contributed by atoms with E-state index in [0.29, 0.717) is 21.4 Å². The zero-order valence-corrected chi connectivity index (χ0v) is 11.7. The van der Waals surface area contributed by atoms with Crippen molar-refractivity contribution in [3.63, 3.8) is 0 Å². The molecule has 0 fully saturated rings. The molecule has 2 aromatic carbocycles. The van der Waals surface area contributed by atoms with E-state index < -0.39 is 0 Å². The molecule has 0 saturated heterocycles. The van der Waals surface area contributed by atoms with E-state index in [2.05, 4.69) is 15.2 Å². The van der Waals surface area contributed by atoms with Crippen LogP contribution in [0.5, 0.6) is 5.88 Å². The Morgan fingerprint density at radius 2 is 1.65 bits per heavy atom. The molecule has 4 nitrogen and oxygen atoms in total. The fourth-order valence-electron chi connectivity index (χ4n) is 1.92. The van der Waals surface area contributed by atoms with Gasteiger partial charge in [0.1, 0.15) is 0 Å². The monoisotopic (exact) mass is 305 g/mol. The van der Waals surface area contributed by atoms with Gasteiger partial charge in [-0.25, -0.2) is 0 Å². The Morgan fingerprint density at radius 1 is 0.950 bits per heavy atom. The van der Waals surface area contributed by atoms with Gasteiger partial charge in [-0.1, -0.05) is 41.4 Å². The molecule has 1 aromatic heterocycles. The molecule has 1 heterocycles. The molecule has 0 spiro atoms. The topological polar surface area (TPSA) is 60.7 Å². The Labute approximate surface area is 124 Å². The lowest BCUT2D eigenvalue weighted by Gasteiger charge is -1.96. The third-order valence-electron chi connectivity index (χ3n) is 2.77. The van der Waals surface area contributed by atoms with Gasteiger partial charge >= 0.3 is 0 Å². The maximum Gasteiger partial charge on any atom is 0.218 e. The number of benzene rings is 2. The van der Waals surface area contributed by atoms with E-state index in [0.717, 1.165) is 10.9 Å². The van der Waals surface area contributed by atoms with Crippen LogP contribution in [0.1, 0.15) is 0 Å². The van der Waals surface area contributed by atoms with Crippen molar-refractivity contribution < 1.29 is 5.11 Å². The smallest absolute Gasteiger partial charge is 0.218 e. The first-order valence-corrected chi connectivity index (χ1v) is 6.56. The van der Waals surface area contributed by atoms with E-state index in [1.807, 2.05) is 24.3 Å². The predicted molar refractivity (Wildman–Crippen MR) is 80.6 cm³/mol. The maximum atomic E-state index is 9.86. The van der Waals surface area contributed by atoms with Crippen LogP contribution >= 0.6 is 23.2 Å². The van der Waals surface area contributed by atoms with Crippen molar-refractivity contribution in [3.8, 4) is 5.88 Å². The number of hydrogen-bond donors (Lipinski definition) is 2. The molecule has 100 valence electrons. The largest absolute Gasteiger partial charge is 0.493 e. The lowest BCUT2D eigenvalue weighted by molar-refractivity contribution is 0.459. The summed E-state index contributed by atoms with van der Waals surface area (Å²) < 4.78 is 0. The number of aromatic hydroxyl groups is 1. The average Bonchev–Trinajstić information content (AvgIpc) is 2.71. The Morgan fingerprint density at radius 3 is 2.40 bits per heavy atom. The van der Waals surface area contributed by atoms with Gasteiger partial charge in [0.05, 0.1) is 11.2 Å². The zero-order chi connectivity index (χ0) is 14.1. The molecule has 0 aliphatic rings. The fraction of sp³-hybridized carbons (Fsp3) is 0. The van der Waals surface area contributed by atoms with Crippen LogP contribution < -0.4 is 0 Å². The number of aromatic amines is 1. The fourth-order valence-corrected chi connectivity index (χ4v) is 2.43. The number of H-pyrrole nitrogens is 1. The lowest BCUT2D eigenvalue weighted by Crippen LogP contribution is -1.68. The molecule has 0 aliphatic heterocycles. The summed E-state index contributed by atoms with van der Waals surface area (Å²) in [5, 5.41) is 19.7. The van der Waals surface area contributed by atoms with Crippen molar-refractivity contribution in [2.45, 2.75) is 0 Å². The highest BCUT2D eigenvalue weighted by Gasteiger charge is 2.09. The number of hydrogen-bond acceptors (Lipinski definition) is 3.